The predicted molar refractivity (Wildman–Crippen MR) is 102 cm³/mol. The average molecular weight is 367 g/mol. The average Bonchev–Trinajstić information content (AvgIpc) is 2.65. The lowest BCUT2D eigenvalue weighted by Crippen LogP contribution is -2.28. The van der Waals surface area contributed by atoms with Crippen LogP contribution in [0.15, 0.2) is 29.3 Å². The van der Waals surface area contributed by atoms with E-state index >= 15 is 0 Å². The predicted octanol–water partition coefficient (Wildman–Crippen LogP) is 3.30. The maximum atomic E-state index is 11.4. The van der Waals surface area contributed by atoms with Crippen LogP contribution in [0.4, 0.5) is 0 Å². The van der Waals surface area contributed by atoms with E-state index in [1.807, 2.05) is 24.3 Å². The Labute approximate surface area is 158 Å². The van der Waals surface area contributed by atoms with E-state index in [-0.39, 0.29) is 5.78 Å². The van der Waals surface area contributed by atoms with Gasteiger partial charge in [-0.3, -0.25) is 4.79 Å². The van der Waals surface area contributed by atoms with E-state index < -0.39 is 0 Å². The highest BCUT2D eigenvalue weighted by Crippen LogP contribution is 2.38. The Morgan fingerprint density at radius 1 is 1.46 bits per heavy atom. The molecule has 1 aromatic carbocycles. The zero-order chi connectivity index (χ0) is 18.7. The molecule has 6 heteroatoms. The molecule has 0 saturated carbocycles. The highest BCUT2D eigenvalue weighted by atomic mass is 32.2. The molecular formula is C20H21N3O2S. The number of methoxy groups -OCH3 is 1. The molecular weight excluding hydrogens is 346 g/mol. The van der Waals surface area contributed by atoms with Crippen LogP contribution in [-0.2, 0) is 17.8 Å². The van der Waals surface area contributed by atoms with E-state index in [1.165, 1.54) is 11.8 Å². The van der Waals surface area contributed by atoms with Gasteiger partial charge in [-0.05, 0) is 37.2 Å². The lowest BCUT2D eigenvalue weighted by Gasteiger charge is -2.28. The van der Waals surface area contributed by atoms with Crippen LogP contribution in [-0.4, -0.2) is 42.1 Å². The van der Waals surface area contributed by atoms with E-state index in [9.17, 15) is 10.1 Å². The van der Waals surface area contributed by atoms with Crippen LogP contribution in [0.5, 0.6) is 5.75 Å². The van der Waals surface area contributed by atoms with Crippen LogP contribution < -0.4 is 4.74 Å². The lowest BCUT2D eigenvalue weighted by molar-refractivity contribution is -0.114. The summed E-state index contributed by atoms with van der Waals surface area (Å²) < 4.78 is 5.37. The number of hydrogen-bond donors (Lipinski definition) is 0. The molecule has 1 aliphatic heterocycles. The quantitative estimate of drug-likeness (QED) is 0.756. The van der Waals surface area contributed by atoms with Crippen LogP contribution in [0.25, 0.3) is 11.1 Å². The number of pyridine rings is 1. The number of carbonyl (C=O) groups is 1. The minimum atomic E-state index is 0.0704. The third-order valence-electron chi connectivity index (χ3n) is 4.39. The first-order valence-electron chi connectivity index (χ1n) is 8.44. The molecule has 26 heavy (non-hydrogen) atoms. The van der Waals surface area contributed by atoms with Crippen LogP contribution in [0.2, 0.25) is 0 Å². The summed E-state index contributed by atoms with van der Waals surface area (Å²) in [7, 11) is 3.71. The Morgan fingerprint density at radius 2 is 2.27 bits per heavy atom. The van der Waals surface area contributed by atoms with Gasteiger partial charge in [0.05, 0.1) is 18.4 Å². The van der Waals surface area contributed by atoms with Crippen LogP contribution in [0, 0.1) is 11.3 Å². The van der Waals surface area contributed by atoms with Gasteiger partial charge in [0.15, 0.2) is 0 Å². The van der Waals surface area contributed by atoms with E-state index in [4.69, 9.17) is 9.72 Å². The van der Waals surface area contributed by atoms with Gasteiger partial charge in [0.1, 0.15) is 22.6 Å². The number of thioether (sulfide) groups is 1. The molecule has 3 rings (SSSR count). The fraction of sp³-hybridized carbons (Fsp3) is 0.350. The summed E-state index contributed by atoms with van der Waals surface area (Å²) in [5.41, 5.74) is 4.51. The molecule has 2 heterocycles. The number of ketones is 1. The number of hydrogen-bond acceptors (Lipinski definition) is 6. The van der Waals surface area contributed by atoms with Gasteiger partial charge < -0.3 is 9.64 Å². The second-order valence-electron chi connectivity index (χ2n) is 6.41. The number of ether oxygens (including phenoxy) is 1. The molecule has 0 spiro atoms. The van der Waals surface area contributed by atoms with Gasteiger partial charge in [-0.15, -0.1) is 0 Å². The molecule has 0 bridgehead atoms. The van der Waals surface area contributed by atoms with Gasteiger partial charge in [-0.2, -0.15) is 5.26 Å². The Kier molecular flexibility index (Phi) is 5.60. The highest BCUT2D eigenvalue weighted by Gasteiger charge is 2.25. The Hall–Kier alpha value is -2.36. The molecule has 0 N–H and O–H groups in total. The summed E-state index contributed by atoms with van der Waals surface area (Å²) in [5.74, 6) is 1.14. The van der Waals surface area contributed by atoms with Crippen molar-refractivity contribution in [2.45, 2.75) is 24.9 Å². The normalized spacial score (nSPS) is 13.8. The molecule has 0 amide bonds. The van der Waals surface area contributed by atoms with Gasteiger partial charge in [-0.25, -0.2) is 4.98 Å². The summed E-state index contributed by atoms with van der Waals surface area (Å²) in [4.78, 5) is 18.4. The number of nitrogens with zero attached hydrogens (tertiary/aromatic N) is 3. The largest absolute Gasteiger partial charge is 0.497 e. The summed E-state index contributed by atoms with van der Waals surface area (Å²) in [6.45, 7) is 3.23. The fourth-order valence-corrected chi connectivity index (χ4v) is 3.95. The number of Topliss-reactive ketones (excluding diaryl/α,β-unsaturated/α-hetero) is 1. The smallest absolute Gasteiger partial charge is 0.140 e. The van der Waals surface area contributed by atoms with Crippen molar-refractivity contribution >= 4 is 17.5 Å². The first kappa shape index (κ1) is 18.4. The van der Waals surface area contributed by atoms with E-state index in [0.29, 0.717) is 16.3 Å². The van der Waals surface area contributed by atoms with E-state index in [2.05, 4.69) is 18.0 Å². The third kappa shape index (κ3) is 3.74. The number of fused-ring (bicyclic) bond motifs is 1. The van der Waals surface area contributed by atoms with Crippen molar-refractivity contribution in [2.24, 2.45) is 0 Å². The molecule has 5 nitrogen and oxygen atoms in total. The van der Waals surface area contributed by atoms with Crippen LogP contribution in [0.1, 0.15) is 23.7 Å². The lowest BCUT2D eigenvalue weighted by atomic mass is 9.91. The summed E-state index contributed by atoms with van der Waals surface area (Å²) in [5, 5.41) is 10.5. The topological polar surface area (TPSA) is 66.2 Å². The first-order valence-corrected chi connectivity index (χ1v) is 9.43. The SMILES string of the molecule is COc1cccc(-c2c(C#N)c(SCC(C)=O)nc3c2CN(C)CC3)c1. The zero-order valence-corrected chi connectivity index (χ0v) is 16.0. The van der Waals surface area contributed by atoms with Crippen molar-refractivity contribution in [1.82, 2.24) is 9.88 Å². The zero-order valence-electron chi connectivity index (χ0n) is 15.2. The number of rotatable bonds is 5. The molecule has 2 aromatic rings. The van der Waals surface area contributed by atoms with Crippen LogP contribution >= 0.6 is 11.8 Å². The van der Waals surface area contributed by atoms with Gasteiger partial charge in [0.2, 0.25) is 0 Å². The second-order valence-corrected chi connectivity index (χ2v) is 7.38. The van der Waals surface area contributed by atoms with Gasteiger partial charge in [-0.1, -0.05) is 23.9 Å². The van der Waals surface area contributed by atoms with Gasteiger partial charge in [0.25, 0.3) is 0 Å². The molecule has 134 valence electrons. The molecule has 0 unspecified atom stereocenters. The van der Waals surface area contributed by atoms with E-state index in [0.717, 1.165) is 47.6 Å². The number of nitriles is 1. The van der Waals surface area contributed by atoms with Crippen molar-refractivity contribution in [2.75, 3.05) is 26.5 Å². The molecule has 0 atom stereocenters. The van der Waals surface area contributed by atoms with Crippen molar-refractivity contribution in [3.63, 3.8) is 0 Å². The monoisotopic (exact) mass is 367 g/mol. The Balaban J connectivity index is 2.22. The Morgan fingerprint density at radius 3 is 2.96 bits per heavy atom. The van der Waals surface area contributed by atoms with E-state index in [1.54, 1.807) is 14.0 Å². The van der Waals surface area contributed by atoms with Crippen LogP contribution in [0.3, 0.4) is 0 Å². The number of aromatic nitrogens is 1. The highest BCUT2D eigenvalue weighted by molar-refractivity contribution is 8.00. The van der Waals surface area contributed by atoms with Crippen molar-refractivity contribution < 1.29 is 9.53 Å². The van der Waals surface area contributed by atoms with Gasteiger partial charge >= 0.3 is 0 Å². The van der Waals surface area contributed by atoms with Crippen molar-refractivity contribution in [3.05, 3.63) is 41.1 Å². The fourth-order valence-electron chi connectivity index (χ4n) is 3.15. The molecule has 0 saturated heterocycles. The second kappa shape index (κ2) is 7.90. The molecule has 0 fully saturated rings. The maximum absolute atomic E-state index is 11.4. The number of carbonyl (C=O) groups excluding carboxylic acids is 1. The van der Waals surface area contributed by atoms with Gasteiger partial charge in [0, 0.05) is 30.8 Å². The summed E-state index contributed by atoms with van der Waals surface area (Å²) in [6.07, 6.45) is 0.835. The summed E-state index contributed by atoms with van der Waals surface area (Å²) >= 11 is 1.34. The first-order chi connectivity index (χ1) is 12.5. The number of likely N-dealkylation sites (N-methyl/N-ethyl adjacent to an activating group) is 1. The molecule has 0 radical (unpaired) electrons. The minimum Gasteiger partial charge on any atom is -0.497 e. The minimum absolute atomic E-state index is 0.0704. The molecule has 1 aliphatic rings. The standard InChI is InChI=1S/C20H21N3O2S/c1-13(24)12-26-20-16(10-21)19(14-5-4-6-15(9-14)25-3)17-11-23(2)8-7-18(17)22-20/h4-6,9H,7-8,11-12H2,1-3H3. The third-order valence-corrected chi connectivity index (χ3v) is 5.51. The molecule has 0 aliphatic carbocycles. The molecule has 1 aromatic heterocycles. The Bertz CT molecular complexity index is 889. The summed E-state index contributed by atoms with van der Waals surface area (Å²) in [6, 6.07) is 10.1. The van der Waals surface area contributed by atoms with Crippen molar-refractivity contribution in [3.8, 4) is 22.9 Å². The number of benzene rings is 1. The maximum Gasteiger partial charge on any atom is 0.140 e. The van der Waals surface area contributed by atoms with Crippen molar-refractivity contribution in [1.29, 1.82) is 5.26 Å².